The van der Waals surface area contributed by atoms with Gasteiger partial charge in [0.25, 0.3) is 0 Å². The number of aryl methyl sites for hydroxylation is 1. The minimum atomic E-state index is -0.232. The van der Waals surface area contributed by atoms with Gasteiger partial charge in [0.05, 0.1) is 12.4 Å². The summed E-state index contributed by atoms with van der Waals surface area (Å²) in [7, 11) is 1.61. The third-order valence-corrected chi connectivity index (χ3v) is 4.53. The Hall–Kier alpha value is -1.60. The molecular formula is C13H15N3O2S2. The molecule has 20 heavy (non-hydrogen) atoms. The molecule has 0 radical (unpaired) electrons. The maximum Gasteiger partial charge on any atom is 0.237 e. The van der Waals surface area contributed by atoms with Crippen molar-refractivity contribution in [2.45, 2.75) is 23.4 Å². The van der Waals surface area contributed by atoms with Gasteiger partial charge in [-0.1, -0.05) is 23.1 Å². The fraction of sp³-hybridized carbons (Fsp3) is 0.308. The summed E-state index contributed by atoms with van der Waals surface area (Å²) in [5.41, 5.74) is 0.747. The van der Waals surface area contributed by atoms with Gasteiger partial charge in [-0.15, -0.1) is 10.2 Å². The number of ether oxygens (including phenoxy) is 1. The predicted octanol–water partition coefficient (Wildman–Crippen LogP) is 2.97. The maximum atomic E-state index is 12.1. The van der Waals surface area contributed by atoms with E-state index in [0.717, 1.165) is 20.8 Å². The van der Waals surface area contributed by atoms with Crippen LogP contribution in [0.5, 0.6) is 5.75 Å². The first-order valence-corrected chi connectivity index (χ1v) is 7.70. The summed E-state index contributed by atoms with van der Waals surface area (Å²) in [6.07, 6.45) is 0. The molecule has 2 aromatic rings. The lowest BCUT2D eigenvalue weighted by Crippen LogP contribution is -2.22. The zero-order valence-electron chi connectivity index (χ0n) is 11.4. The van der Waals surface area contributed by atoms with Gasteiger partial charge in [0.15, 0.2) is 4.34 Å². The van der Waals surface area contributed by atoms with Crippen molar-refractivity contribution < 1.29 is 9.53 Å². The summed E-state index contributed by atoms with van der Waals surface area (Å²) in [5.74, 6) is 0.697. The molecule has 7 heteroatoms. The minimum Gasteiger partial charge on any atom is -0.497 e. The third kappa shape index (κ3) is 3.94. The summed E-state index contributed by atoms with van der Waals surface area (Å²) in [6.45, 7) is 3.74. The van der Waals surface area contributed by atoms with Gasteiger partial charge in [0.1, 0.15) is 10.8 Å². The number of hydrogen-bond donors (Lipinski definition) is 1. The number of aromatic nitrogens is 2. The first kappa shape index (κ1) is 14.8. The van der Waals surface area contributed by atoms with Gasteiger partial charge in [0, 0.05) is 5.69 Å². The first-order valence-electron chi connectivity index (χ1n) is 6.00. The monoisotopic (exact) mass is 309 g/mol. The van der Waals surface area contributed by atoms with Gasteiger partial charge in [0.2, 0.25) is 5.91 Å². The van der Waals surface area contributed by atoms with Crippen molar-refractivity contribution in [3.63, 3.8) is 0 Å². The molecule has 106 valence electrons. The fourth-order valence-electron chi connectivity index (χ4n) is 1.45. The Bertz CT molecular complexity index is 584. The molecule has 0 spiro atoms. The third-order valence-electron chi connectivity index (χ3n) is 2.51. The number of nitrogens with zero attached hydrogens (tertiary/aromatic N) is 2. The standard InChI is InChI=1S/C13H15N3O2S2/c1-8(19-13-16-15-9(2)20-13)12(17)14-10-4-6-11(18-3)7-5-10/h4-8H,1-3H3,(H,14,17). The summed E-state index contributed by atoms with van der Waals surface area (Å²) < 4.78 is 5.88. The number of anilines is 1. The van der Waals surface area contributed by atoms with Crippen LogP contribution in [0, 0.1) is 6.92 Å². The highest BCUT2D eigenvalue weighted by atomic mass is 32.2. The van der Waals surface area contributed by atoms with Gasteiger partial charge < -0.3 is 10.1 Å². The number of carbonyl (C=O) groups is 1. The average Bonchev–Trinajstić information content (AvgIpc) is 2.85. The molecule has 0 fully saturated rings. The largest absolute Gasteiger partial charge is 0.497 e. The molecule has 0 bridgehead atoms. The van der Waals surface area contributed by atoms with Gasteiger partial charge >= 0.3 is 0 Å². The van der Waals surface area contributed by atoms with E-state index in [4.69, 9.17) is 4.74 Å². The van der Waals surface area contributed by atoms with E-state index >= 15 is 0 Å². The number of methoxy groups -OCH3 is 1. The van der Waals surface area contributed by atoms with Crippen molar-refractivity contribution in [1.29, 1.82) is 0 Å². The SMILES string of the molecule is COc1ccc(NC(=O)C(C)Sc2nnc(C)s2)cc1. The van der Waals surface area contributed by atoms with Crippen molar-refractivity contribution in [1.82, 2.24) is 10.2 Å². The molecule has 1 unspecified atom stereocenters. The van der Waals surface area contributed by atoms with Crippen LogP contribution in [0.25, 0.3) is 0 Å². The van der Waals surface area contributed by atoms with E-state index < -0.39 is 0 Å². The molecule has 1 atom stereocenters. The van der Waals surface area contributed by atoms with E-state index in [1.54, 1.807) is 7.11 Å². The van der Waals surface area contributed by atoms with E-state index in [-0.39, 0.29) is 11.2 Å². The van der Waals surface area contributed by atoms with Crippen molar-refractivity contribution in [3.05, 3.63) is 29.3 Å². The van der Waals surface area contributed by atoms with E-state index in [2.05, 4.69) is 15.5 Å². The van der Waals surface area contributed by atoms with Crippen LogP contribution < -0.4 is 10.1 Å². The molecular weight excluding hydrogens is 294 g/mol. The second-order valence-electron chi connectivity index (χ2n) is 4.06. The Labute approximate surface area is 125 Å². The highest BCUT2D eigenvalue weighted by molar-refractivity contribution is 8.02. The molecule has 1 amide bonds. The van der Waals surface area contributed by atoms with Crippen LogP contribution in [-0.4, -0.2) is 28.5 Å². The topological polar surface area (TPSA) is 64.1 Å². The Morgan fingerprint density at radius 3 is 2.60 bits per heavy atom. The molecule has 0 aliphatic carbocycles. The fourth-order valence-corrected chi connectivity index (χ4v) is 3.41. The highest BCUT2D eigenvalue weighted by Crippen LogP contribution is 2.27. The Kier molecular flexibility index (Phi) is 4.97. The number of nitrogens with one attached hydrogen (secondary N) is 1. The average molecular weight is 309 g/mol. The second kappa shape index (κ2) is 6.71. The number of carbonyl (C=O) groups excluding carboxylic acids is 1. The van der Waals surface area contributed by atoms with Crippen molar-refractivity contribution in [3.8, 4) is 5.75 Å². The van der Waals surface area contributed by atoms with Gasteiger partial charge in [-0.05, 0) is 38.1 Å². The highest BCUT2D eigenvalue weighted by Gasteiger charge is 2.16. The molecule has 0 saturated carbocycles. The molecule has 2 rings (SSSR count). The Balaban J connectivity index is 1.93. The van der Waals surface area contributed by atoms with Crippen molar-refractivity contribution >= 4 is 34.7 Å². The number of hydrogen-bond acceptors (Lipinski definition) is 6. The van der Waals surface area contributed by atoms with E-state index in [1.165, 1.54) is 23.1 Å². The van der Waals surface area contributed by atoms with Crippen LogP contribution in [0.4, 0.5) is 5.69 Å². The number of rotatable bonds is 5. The number of benzene rings is 1. The lowest BCUT2D eigenvalue weighted by Gasteiger charge is -2.10. The van der Waals surface area contributed by atoms with Gasteiger partial charge in [-0.2, -0.15) is 0 Å². The van der Waals surface area contributed by atoms with Gasteiger partial charge in [-0.25, -0.2) is 0 Å². The Morgan fingerprint density at radius 2 is 2.05 bits per heavy atom. The van der Waals surface area contributed by atoms with Gasteiger partial charge in [-0.3, -0.25) is 4.79 Å². The lowest BCUT2D eigenvalue weighted by molar-refractivity contribution is -0.115. The molecule has 5 nitrogen and oxygen atoms in total. The lowest BCUT2D eigenvalue weighted by atomic mass is 10.3. The summed E-state index contributed by atoms with van der Waals surface area (Å²) in [4.78, 5) is 12.1. The summed E-state index contributed by atoms with van der Waals surface area (Å²) >= 11 is 2.90. The molecule has 1 heterocycles. The van der Waals surface area contributed by atoms with Crippen LogP contribution in [-0.2, 0) is 4.79 Å². The predicted molar refractivity (Wildman–Crippen MR) is 81.6 cm³/mol. The van der Waals surface area contributed by atoms with Crippen molar-refractivity contribution in [2.24, 2.45) is 0 Å². The summed E-state index contributed by atoms with van der Waals surface area (Å²) in [5, 5.41) is 11.5. The Morgan fingerprint density at radius 1 is 1.35 bits per heavy atom. The molecule has 0 aliphatic rings. The van der Waals surface area contributed by atoms with E-state index in [1.807, 2.05) is 38.1 Å². The van der Waals surface area contributed by atoms with E-state index in [9.17, 15) is 4.79 Å². The van der Waals surface area contributed by atoms with E-state index in [0.29, 0.717) is 0 Å². The van der Waals surface area contributed by atoms with Crippen LogP contribution in [0.15, 0.2) is 28.6 Å². The van der Waals surface area contributed by atoms with Crippen LogP contribution in [0.2, 0.25) is 0 Å². The number of amides is 1. The molecule has 0 saturated heterocycles. The van der Waals surface area contributed by atoms with Crippen LogP contribution >= 0.6 is 23.1 Å². The maximum absolute atomic E-state index is 12.1. The first-order chi connectivity index (χ1) is 9.58. The van der Waals surface area contributed by atoms with Crippen LogP contribution in [0.1, 0.15) is 11.9 Å². The smallest absolute Gasteiger partial charge is 0.237 e. The molecule has 1 aromatic carbocycles. The molecule has 1 aromatic heterocycles. The second-order valence-corrected chi connectivity index (χ2v) is 6.83. The quantitative estimate of drug-likeness (QED) is 0.860. The molecule has 0 aliphatic heterocycles. The normalized spacial score (nSPS) is 11.9. The van der Waals surface area contributed by atoms with Crippen molar-refractivity contribution in [2.75, 3.05) is 12.4 Å². The summed E-state index contributed by atoms with van der Waals surface area (Å²) in [6, 6.07) is 7.23. The molecule has 1 N–H and O–H groups in total. The van der Waals surface area contributed by atoms with Crippen LogP contribution in [0.3, 0.4) is 0 Å². The number of thioether (sulfide) groups is 1. The zero-order valence-corrected chi connectivity index (χ0v) is 13.0. The minimum absolute atomic E-state index is 0.0620. The zero-order chi connectivity index (χ0) is 14.5.